The molecule has 10 heteroatoms. The molecule has 4 aromatic rings. The van der Waals surface area contributed by atoms with Crippen molar-refractivity contribution in [2.75, 3.05) is 0 Å². The summed E-state index contributed by atoms with van der Waals surface area (Å²) < 4.78 is 39.3. The first-order valence-electron chi connectivity index (χ1n) is 17.1. The summed E-state index contributed by atoms with van der Waals surface area (Å²) in [5.74, 6) is -5.01. The van der Waals surface area contributed by atoms with Gasteiger partial charge in [-0.25, -0.2) is 0 Å². The SMILES string of the molecule is NC1CC2CCC(C1)N2C(=O)[C@@H](NC(=O)C(O)c1ccc2cc(OC3CCCC3)ccc2c1)C(F)(F)c1ccc(-c2ccc(Cl)cc2)cc1. The second-order valence-corrected chi connectivity index (χ2v) is 14.1. The number of hydrogen-bond donors (Lipinski definition) is 3. The third kappa shape index (κ3) is 6.89. The number of fused-ring (bicyclic) bond motifs is 3. The van der Waals surface area contributed by atoms with Crippen LogP contribution in [0.3, 0.4) is 0 Å². The molecule has 7 rings (SSSR count). The lowest BCUT2D eigenvalue weighted by atomic mass is 9.93. The molecule has 0 aromatic heterocycles. The standard InChI is InChI=1S/C39H40ClF2N3O4/c40-29-14-9-24(10-15-29)23-7-12-28(13-8-23)39(41,42)36(38(48)45-31-16-17-32(45)22-30(43)21-31)44-37(47)35(46)27-6-5-26-20-34(18-11-25(26)19-27)49-33-3-1-2-4-33/h5-15,18-20,30-33,35-36,46H,1-4,16-17,21-22,43H2,(H,44,47)/t30?,31?,32?,35?,36-/m1/s1. The molecule has 3 fully saturated rings. The summed E-state index contributed by atoms with van der Waals surface area (Å²) in [6.07, 6.45) is 5.14. The van der Waals surface area contributed by atoms with Gasteiger partial charge in [-0.1, -0.05) is 66.2 Å². The van der Waals surface area contributed by atoms with Crippen LogP contribution >= 0.6 is 11.6 Å². The molecule has 1 aliphatic carbocycles. The highest BCUT2D eigenvalue weighted by Gasteiger charge is 2.53. The Morgan fingerprint density at radius 1 is 0.857 bits per heavy atom. The summed E-state index contributed by atoms with van der Waals surface area (Å²) in [6.45, 7) is 0. The quantitative estimate of drug-likeness (QED) is 0.172. The van der Waals surface area contributed by atoms with Crippen LogP contribution in [0.1, 0.15) is 68.6 Å². The van der Waals surface area contributed by atoms with E-state index in [4.69, 9.17) is 22.1 Å². The molecule has 2 heterocycles. The molecule has 7 nitrogen and oxygen atoms in total. The molecule has 0 radical (unpaired) electrons. The Labute approximate surface area is 289 Å². The number of alkyl halides is 2. The lowest BCUT2D eigenvalue weighted by Gasteiger charge is -2.41. The summed E-state index contributed by atoms with van der Waals surface area (Å²) >= 11 is 6.01. The van der Waals surface area contributed by atoms with E-state index in [0.29, 0.717) is 36.3 Å². The van der Waals surface area contributed by atoms with Crippen molar-refractivity contribution in [1.82, 2.24) is 10.2 Å². The largest absolute Gasteiger partial charge is 0.490 e. The molecule has 2 aliphatic heterocycles. The number of hydrogen-bond acceptors (Lipinski definition) is 5. The van der Waals surface area contributed by atoms with Crippen molar-refractivity contribution in [3.8, 4) is 16.9 Å². The minimum atomic E-state index is -3.80. The Bertz CT molecular complexity index is 1820. The number of rotatable bonds is 9. The van der Waals surface area contributed by atoms with Gasteiger partial charge in [-0.2, -0.15) is 8.78 Å². The van der Waals surface area contributed by atoms with E-state index in [0.717, 1.165) is 47.8 Å². The number of aliphatic hydroxyl groups is 1. The molecule has 2 bridgehead atoms. The summed E-state index contributed by atoms with van der Waals surface area (Å²) in [4.78, 5) is 29.2. The van der Waals surface area contributed by atoms with Crippen LogP contribution in [-0.4, -0.2) is 52.1 Å². The number of ether oxygens (including phenoxy) is 1. The highest BCUT2D eigenvalue weighted by atomic mass is 35.5. The molecule has 1 saturated carbocycles. The third-order valence-corrected chi connectivity index (χ3v) is 10.6. The number of benzene rings is 4. The van der Waals surface area contributed by atoms with Crippen molar-refractivity contribution in [1.29, 1.82) is 0 Å². The van der Waals surface area contributed by atoms with Gasteiger partial charge in [-0.05, 0) is 109 Å². The van der Waals surface area contributed by atoms with Crippen molar-refractivity contribution >= 4 is 34.2 Å². The molecular weight excluding hydrogens is 648 g/mol. The molecule has 3 unspecified atom stereocenters. The normalized spacial score (nSPS) is 22.2. The lowest BCUT2D eigenvalue weighted by Crippen LogP contribution is -2.61. The Kier molecular flexibility index (Phi) is 9.35. The predicted octanol–water partition coefficient (Wildman–Crippen LogP) is 7.27. The molecule has 256 valence electrons. The van der Waals surface area contributed by atoms with Crippen LogP contribution in [0, 0.1) is 0 Å². The average Bonchev–Trinajstić information content (AvgIpc) is 3.71. The maximum absolute atomic E-state index is 16.6. The minimum absolute atomic E-state index is 0.115. The summed E-state index contributed by atoms with van der Waals surface area (Å²) in [7, 11) is 0. The monoisotopic (exact) mass is 687 g/mol. The van der Waals surface area contributed by atoms with Gasteiger partial charge >= 0.3 is 5.92 Å². The maximum Gasteiger partial charge on any atom is 0.302 e. The molecular formula is C39H40ClF2N3O4. The van der Waals surface area contributed by atoms with Gasteiger partial charge in [0.2, 0.25) is 0 Å². The number of amides is 2. The molecule has 2 amide bonds. The number of aliphatic hydroxyl groups excluding tert-OH is 1. The second kappa shape index (κ2) is 13.7. The molecule has 49 heavy (non-hydrogen) atoms. The van der Waals surface area contributed by atoms with Crippen LogP contribution in [0.25, 0.3) is 21.9 Å². The van der Waals surface area contributed by atoms with Crippen LogP contribution in [0.15, 0.2) is 84.9 Å². The highest BCUT2D eigenvalue weighted by Crippen LogP contribution is 2.40. The number of halogens is 3. The number of piperidine rings is 1. The molecule has 2 saturated heterocycles. The average molecular weight is 688 g/mol. The number of carbonyl (C=O) groups is 2. The zero-order chi connectivity index (χ0) is 34.3. The molecule has 0 spiro atoms. The zero-order valence-corrected chi connectivity index (χ0v) is 27.8. The van der Waals surface area contributed by atoms with E-state index >= 15 is 8.78 Å². The van der Waals surface area contributed by atoms with E-state index in [2.05, 4.69) is 5.32 Å². The Balaban J connectivity index is 1.14. The predicted molar refractivity (Wildman–Crippen MR) is 185 cm³/mol. The summed E-state index contributed by atoms with van der Waals surface area (Å²) in [5.41, 5.74) is 7.48. The first kappa shape index (κ1) is 33.4. The van der Waals surface area contributed by atoms with Gasteiger partial charge in [-0.3, -0.25) is 9.59 Å². The van der Waals surface area contributed by atoms with Gasteiger partial charge in [0.15, 0.2) is 12.1 Å². The smallest absolute Gasteiger partial charge is 0.302 e. The van der Waals surface area contributed by atoms with E-state index in [1.165, 1.54) is 17.0 Å². The van der Waals surface area contributed by atoms with Gasteiger partial charge in [0.05, 0.1) is 6.10 Å². The first-order valence-corrected chi connectivity index (χ1v) is 17.5. The number of nitrogens with one attached hydrogen (secondary N) is 1. The van der Waals surface area contributed by atoms with Crippen molar-refractivity contribution in [3.05, 3.63) is 101 Å². The third-order valence-electron chi connectivity index (χ3n) is 10.4. The fraction of sp³-hybridized carbons (Fsp3) is 0.385. The van der Waals surface area contributed by atoms with E-state index < -0.39 is 35.4 Å². The minimum Gasteiger partial charge on any atom is -0.490 e. The molecule has 4 aromatic carbocycles. The van der Waals surface area contributed by atoms with Gasteiger partial charge in [0.25, 0.3) is 11.8 Å². The Hall–Kier alpha value is -4.05. The number of nitrogens with two attached hydrogens (primary N) is 1. The lowest BCUT2D eigenvalue weighted by molar-refractivity contribution is -0.155. The van der Waals surface area contributed by atoms with Crippen LogP contribution in [-0.2, 0) is 15.5 Å². The molecule has 4 atom stereocenters. The first-order chi connectivity index (χ1) is 23.6. The molecule has 4 N–H and O–H groups in total. The Morgan fingerprint density at radius 2 is 1.45 bits per heavy atom. The van der Waals surface area contributed by atoms with Crippen LogP contribution in [0.5, 0.6) is 5.75 Å². The van der Waals surface area contributed by atoms with Crippen molar-refractivity contribution < 1.29 is 28.2 Å². The summed E-state index contributed by atoms with van der Waals surface area (Å²) in [5, 5.41) is 15.6. The van der Waals surface area contributed by atoms with E-state index in [9.17, 15) is 14.7 Å². The number of carbonyl (C=O) groups excluding carboxylic acids is 2. The highest BCUT2D eigenvalue weighted by molar-refractivity contribution is 6.30. The number of nitrogens with zero attached hydrogens (tertiary/aromatic N) is 1. The van der Waals surface area contributed by atoms with Crippen molar-refractivity contribution in [2.45, 2.75) is 93.7 Å². The fourth-order valence-electron chi connectivity index (χ4n) is 7.79. The Morgan fingerprint density at radius 3 is 2.10 bits per heavy atom. The topological polar surface area (TPSA) is 105 Å². The van der Waals surface area contributed by atoms with Crippen LogP contribution in [0.2, 0.25) is 5.02 Å². The zero-order valence-electron chi connectivity index (χ0n) is 27.0. The van der Waals surface area contributed by atoms with Gasteiger partial charge in [0.1, 0.15) is 5.75 Å². The van der Waals surface area contributed by atoms with E-state index in [1.807, 2.05) is 18.2 Å². The van der Waals surface area contributed by atoms with Crippen LogP contribution < -0.4 is 15.8 Å². The molecule has 3 aliphatic rings. The fourth-order valence-corrected chi connectivity index (χ4v) is 7.91. The van der Waals surface area contributed by atoms with Crippen molar-refractivity contribution in [3.63, 3.8) is 0 Å². The van der Waals surface area contributed by atoms with Crippen molar-refractivity contribution in [2.24, 2.45) is 5.73 Å². The van der Waals surface area contributed by atoms with Gasteiger partial charge in [0, 0.05) is 28.7 Å². The second-order valence-electron chi connectivity index (χ2n) is 13.7. The summed E-state index contributed by atoms with van der Waals surface area (Å²) in [6, 6.07) is 20.3. The van der Waals surface area contributed by atoms with Gasteiger partial charge < -0.3 is 25.8 Å². The van der Waals surface area contributed by atoms with Gasteiger partial charge in [-0.15, -0.1) is 0 Å². The van der Waals surface area contributed by atoms with E-state index in [1.54, 1.807) is 54.6 Å². The van der Waals surface area contributed by atoms with Crippen LogP contribution in [0.4, 0.5) is 8.78 Å². The maximum atomic E-state index is 16.6. The van der Waals surface area contributed by atoms with E-state index in [-0.39, 0.29) is 29.8 Å².